The molecule has 24 heavy (non-hydrogen) atoms. The molecule has 0 spiro atoms. The third kappa shape index (κ3) is 2.12. The summed E-state index contributed by atoms with van der Waals surface area (Å²) in [5.74, 6) is 1.66. The molecule has 0 aliphatic heterocycles. The second kappa shape index (κ2) is 5.62. The molecule has 0 unspecified atom stereocenters. The van der Waals surface area contributed by atoms with Gasteiger partial charge in [0.1, 0.15) is 5.75 Å². The van der Waals surface area contributed by atoms with Crippen molar-refractivity contribution in [2.24, 2.45) is 17.3 Å². The average molecular weight is 326 g/mol. The molecule has 1 aromatic carbocycles. The fourth-order valence-corrected chi connectivity index (χ4v) is 6.77. The predicted octanol–water partition coefficient (Wildman–Crippen LogP) is 4.73. The second-order valence-corrected chi connectivity index (χ2v) is 8.55. The Morgan fingerprint density at radius 2 is 2.12 bits per heavy atom. The summed E-state index contributed by atoms with van der Waals surface area (Å²) in [6, 6.07) is 6.00. The van der Waals surface area contributed by atoms with Gasteiger partial charge in [0.2, 0.25) is 0 Å². The van der Waals surface area contributed by atoms with Gasteiger partial charge >= 0.3 is 0 Å². The molecule has 0 aromatic heterocycles. The summed E-state index contributed by atoms with van der Waals surface area (Å²) < 4.78 is 0. The molecule has 0 saturated heterocycles. The lowest BCUT2D eigenvalue weighted by Gasteiger charge is -2.57. The molecular weight excluding hydrogens is 296 g/mol. The van der Waals surface area contributed by atoms with E-state index in [1.165, 1.54) is 36.8 Å². The minimum atomic E-state index is -0.115. The molecule has 0 amide bonds. The molecule has 3 aliphatic carbocycles. The first-order valence-electron chi connectivity index (χ1n) is 9.66. The van der Waals surface area contributed by atoms with Crippen molar-refractivity contribution in [2.75, 3.05) is 0 Å². The molecule has 2 N–H and O–H groups in total. The smallest absolute Gasteiger partial charge is 0.115 e. The van der Waals surface area contributed by atoms with Gasteiger partial charge in [0.25, 0.3) is 0 Å². The van der Waals surface area contributed by atoms with E-state index in [0.29, 0.717) is 23.0 Å². The summed E-state index contributed by atoms with van der Waals surface area (Å²) in [6.07, 6.45) is 10.8. The van der Waals surface area contributed by atoms with E-state index in [-0.39, 0.29) is 11.5 Å². The molecule has 5 atom stereocenters. The van der Waals surface area contributed by atoms with Gasteiger partial charge in [0.15, 0.2) is 0 Å². The van der Waals surface area contributed by atoms with Crippen LogP contribution in [0.2, 0.25) is 0 Å². The van der Waals surface area contributed by atoms with Crippen molar-refractivity contribution in [1.29, 1.82) is 0 Å². The summed E-state index contributed by atoms with van der Waals surface area (Å²) in [5.41, 5.74) is 3.29. The van der Waals surface area contributed by atoms with Gasteiger partial charge in [-0.2, -0.15) is 0 Å². The monoisotopic (exact) mass is 326 g/mol. The van der Waals surface area contributed by atoms with Crippen molar-refractivity contribution in [3.8, 4) is 5.75 Å². The number of aromatic hydroxyl groups is 1. The van der Waals surface area contributed by atoms with Crippen molar-refractivity contribution in [3.63, 3.8) is 0 Å². The first-order chi connectivity index (χ1) is 11.5. The van der Waals surface area contributed by atoms with Crippen molar-refractivity contribution in [1.82, 2.24) is 0 Å². The first-order valence-corrected chi connectivity index (χ1v) is 9.66. The zero-order chi connectivity index (χ0) is 16.9. The van der Waals surface area contributed by atoms with Crippen LogP contribution in [-0.4, -0.2) is 16.3 Å². The lowest BCUT2D eigenvalue weighted by molar-refractivity contribution is -0.00755. The van der Waals surface area contributed by atoms with Gasteiger partial charge in [-0.15, -0.1) is 6.58 Å². The van der Waals surface area contributed by atoms with Gasteiger partial charge in [0.05, 0.1) is 6.10 Å². The molecular formula is C22H30O2. The summed E-state index contributed by atoms with van der Waals surface area (Å²) >= 11 is 0. The van der Waals surface area contributed by atoms with Crippen LogP contribution in [0.25, 0.3) is 0 Å². The minimum absolute atomic E-state index is 0.115. The number of phenolic OH excluding ortho intramolecular Hbond substituents is 1. The maximum atomic E-state index is 10.4. The summed E-state index contributed by atoms with van der Waals surface area (Å²) in [7, 11) is 0. The molecule has 3 aliphatic rings. The van der Waals surface area contributed by atoms with E-state index in [0.717, 1.165) is 25.7 Å². The van der Waals surface area contributed by atoms with Gasteiger partial charge in [-0.3, -0.25) is 0 Å². The minimum Gasteiger partial charge on any atom is -0.508 e. The number of allylic oxidation sites excluding steroid dienone is 1. The van der Waals surface area contributed by atoms with Crippen molar-refractivity contribution < 1.29 is 10.2 Å². The SMILES string of the molecule is C=CC[C@]12CC[C@]3(CC)C[C@H](O)C[C@H]3[C@@H]1CCc1cc(O)ccc12. The van der Waals surface area contributed by atoms with E-state index >= 15 is 0 Å². The quantitative estimate of drug-likeness (QED) is 0.788. The van der Waals surface area contributed by atoms with Crippen LogP contribution in [0.15, 0.2) is 30.9 Å². The highest BCUT2D eigenvalue weighted by atomic mass is 16.3. The lowest BCUT2D eigenvalue weighted by Crippen LogP contribution is -2.51. The molecule has 0 bridgehead atoms. The number of aryl methyl sites for hydroxylation is 1. The van der Waals surface area contributed by atoms with E-state index in [4.69, 9.17) is 0 Å². The van der Waals surface area contributed by atoms with Crippen molar-refractivity contribution in [3.05, 3.63) is 42.0 Å². The van der Waals surface area contributed by atoms with Crippen LogP contribution in [-0.2, 0) is 11.8 Å². The third-order valence-corrected chi connectivity index (χ3v) is 7.78. The van der Waals surface area contributed by atoms with Crippen LogP contribution in [0.4, 0.5) is 0 Å². The Morgan fingerprint density at radius 3 is 2.88 bits per heavy atom. The van der Waals surface area contributed by atoms with E-state index in [2.05, 4.69) is 25.6 Å². The Hall–Kier alpha value is -1.28. The molecule has 2 saturated carbocycles. The fourth-order valence-electron chi connectivity index (χ4n) is 6.77. The first kappa shape index (κ1) is 16.2. The average Bonchev–Trinajstić information content (AvgIpc) is 2.91. The number of aliphatic hydroxyl groups is 1. The van der Waals surface area contributed by atoms with Crippen LogP contribution in [0.1, 0.15) is 63.0 Å². The number of fused-ring (bicyclic) bond motifs is 5. The van der Waals surface area contributed by atoms with Crippen LogP contribution in [0.5, 0.6) is 5.75 Å². The zero-order valence-electron chi connectivity index (χ0n) is 14.8. The number of hydrogen-bond donors (Lipinski definition) is 2. The van der Waals surface area contributed by atoms with Gasteiger partial charge < -0.3 is 10.2 Å². The van der Waals surface area contributed by atoms with Crippen LogP contribution >= 0.6 is 0 Å². The number of hydrogen-bond acceptors (Lipinski definition) is 2. The normalized spacial score (nSPS) is 40.5. The number of rotatable bonds is 3. The molecule has 130 valence electrons. The highest BCUT2D eigenvalue weighted by molar-refractivity contribution is 5.44. The molecule has 4 rings (SSSR count). The Bertz CT molecular complexity index is 651. The summed E-state index contributed by atoms with van der Waals surface area (Å²) in [6.45, 7) is 6.39. The van der Waals surface area contributed by atoms with E-state index in [1.54, 1.807) is 0 Å². The standard InChI is InChI=1S/C22H30O2/c1-3-9-22-11-10-21(4-2)14-17(24)13-20(21)19(22)7-5-15-12-16(23)6-8-18(15)22/h3,6,8,12,17,19-20,23-24H,1,4-5,7,9-11,13-14H2,2H3/t17-,19+,20+,21-,22-/m1/s1. The molecule has 2 heteroatoms. The van der Waals surface area contributed by atoms with Crippen molar-refractivity contribution in [2.45, 2.75) is 69.8 Å². The predicted molar refractivity (Wildman–Crippen MR) is 97.1 cm³/mol. The van der Waals surface area contributed by atoms with Gasteiger partial charge in [-0.1, -0.05) is 25.5 Å². The van der Waals surface area contributed by atoms with Crippen LogP contribution in [0.3, 0.4) is 0 Å². The number of benzene rings is 1. The highest BCUT2D eigenvalue weighted by Gasteiger charge is 2.59. The third-order valence-electron chi connectivity index (χ3n) is 7.78. The second-order valence-electron chi connectivity index (χ2n) is 8.55. The Morgan fingerprint density at radius 1 is 1.29 bits per heavy atom. The maximum absolute atomic E-state index is 10.4. The van der Waals surface area contributed by atoms with Gasteiger partial charge in [-0.05, 0) is 85.5 Å². The summed E-state index contributed by atoms with van der Waals surface area (Å²) in [4.78, 5) is 0. The highest BCUT2D eigenvalue weighted by Crippen LogP contribution is 2.65. The van der Waals surface area contributed by atoms with Gasteiger partial charge in [0, 0.05) is 5.41 Å². The summed E-state index contributed by atoms with van der Waals surface area (Å²) in [5, 5.41) is 20.3. The molecule has 1 aromatic rings. The molecule has 0 radical (unpaired) electrons. The largest absolute Gasteiger partial charge is 0.508 e. The zero-order valence-corrected chi connectivity index (χ0v) is 14.8. The molecule has 2 fully saturated rings. The topological polar surface area (TPSA) is 40.5 Å². The fraction of sp³-hybridized carbons (Fsp3) is 0.636. The van der Waals surface area contributed by atoms with Crippen molar-refractivity contribution >= 4 is 0 Å². The lowest BCUT2D eigenvalue weighted by atomic mass is 9.47. The van der Waals surface area contributed by atoms with Gasteiger partial charge in [-0.25, -0.2) is 0 Å². The van der Waals surface area contributed by atoms with E-state index < -0.39 is 0 Å². The number of phenols is 1. The van der Waals surface area contributed by atoms with Crippen LogP contribution in [0, 0.1) is 17.3 Å². The Labute approximate surface area is 145 Å². The molecule has 0 heterocycles. The molecule has 2 nitrogen and oxygen atoms in total. The van der Waals surface area contributed by atoms with E-state index in [9.17, 15) is 10.2 Å². The Kier molecular flexibility index (Phi) is 3.80. The Balaban J connectivity index is 1.82. The van der Waals surface area contributed by atoms with Crippen LogP contribution < -0.4 is 0 Å². The maximum Gasteiger partial charge on any atom is 0.115 e. The number of aliphatic hydroxyl groups excluding tert-OH is 1. The van der Waals surface area contributed by atoms with E-state index in [1.807, 2.05) is 12.1 Å².